The zero-order valence-electron chi connectivity index (χ0n) is 8.72. The smallest absolute Gasteiger partial charge is 0.0926 e. The molecule has 15 heavy (non-hydrogen) atoms. The maximum Gasteiger partial charge on any atom is 0.0926 e. The van der Waals surface area contributed by atoms with Crippen LogP contribution in [0.15, 0.2) is 24.3 Å². The SMILES string of the molecule is Cn1nc2ccccc2c1C(N)CCO. The van der Waals surface area contributed by atoms with Gasteiger partial charge < -0.3 is 10.8 Å². The minimum Gasteiger partial charge on any atom is -0.396 e. The van der Waals surface area contributed by atoms with Crippen molar-refractivity contribution in [2.75, 3.05) is 6.61 Å². The van der Waals surface area contributed by atoms with E-state index < -0.39 is 0 Å². The molecule has 0 saturated carbocycles. The summed E-state index contributed by atoms with van der Waals surface area (Å²) in [7, 11) is 1.88. The topological polar surface area (TPSA) is 64.1 Å². The van der Waals surface area contributed by atoms with Crippen molar-refractivity contribution in [3.63, 3.8) is 0 Å². The van der Waals surface area contributed by atoms with E-state index >= 15 is 0 Å². The number of rotatable bonds is 3. The van der Waals surface area contributed by atoms with Crippen LogP contribution in [0.2, 0.25) is 0 Å². The fraction of sp³-hybridized carbons (Fsp3) is 0.364. The summed E-state index contributed by atoms with van der Waals surface area (Å²) in [5.41, 5.74) is 7.93. The molecule has 1 unspecified atom stereocenters. The van der Waals surface area contributed by atoms with Crippen molar-refractivity contribution < 1.29 is 5.11 Å². The fourth-order valence-corrected chi connectivity index (χ4v) is 1.88. The van der Waals surface area contributed by atoms with E-state index in [-0.39, 0.29) is 12.6 Å². The molecule has 0 aliphatic rings. The van der Waals surface area contributed by atoms with Crippen molar-refractivity contribution in [3.05, 3.63) is 30.0 Å². The minimum absolute atomic E-state index is 0.0979. The van der Waals surface area contributed by atoms with Gasteiger partial charge in [-0.1, -0.05) is 18.2 Å². The van der Waals surface area contributed by atoms with Gasteiger partial charge in [0.1, 0.15) is 0 Å². The standard InChI is InChI=1S/C11H15N3O/c1-14-11(9(12)6-7-15)8-4-2-3-5-10(8)13-14/h2-5,9,15H,6-7,12H2,1H3. The highest BCUT2D eigenvalue weighted by Crippen LogP contribution is 2.23. The molecule has 0 bridgehead atoms. The second-order valence-corrected chi connectivity index (χ2v) is 3.64. The number of hydrogen-bond acceptors (Lipinski definition) is 3. The first kappa shape index (κ1) is 10.1. The van der Waals surface area contributed by atoms with E-state index in [0.29, 0.717) is 6.42 Å². The fourth-order valence-electron chi connectivity index (χ4n) is 1.88. The number of hydrogen-bond donors (Lipinski definition) is 2. The predicted molar refractivity (Wildman–Crippen MR) is 59.3 cm³/mol. The first-order valence-corrected chi connectivity index (χ1v) is 5.02. The Labute approximate surface area is 88.3 Å². The molecule has 0 amide bonds. The van der Waals surface area contributed by atoms with Gasteiger partial charge >= 0.3 is 0 Å². The Morgan fingerprint density at radius 3 is 2.93 bits per heavy atom. The van der Waals surface area contributed by atoms with E-state index in [0.717, 1.165) is 16.6 Å². The van der Waals surface area contributed by atoms with Crippen LogP contribution in [-0.4, -0.2) is 21.5 Å². The molecule has 2 aromatic rings. The Morgan fingerprint density at radius 2 is 2.20 bits per heavy atom. The summed E-state index contributed by atoms with van der Waals surface area (Å²) in [6.45, 7) is 0.0979. The van der Waals surface area contributed by atoms with Gasteiger partial charge in [0.25, 0.3) is 0 Å². The Kier molecular flexibility index (Phi) is 2.70. The third-order valence-electron chi connectivity index (χ3n) is 2.58. The summed E-state index contributed by atoms with van der Waals surface area (Å²) < 4.78 is 1.80. The van der Waals surface area contributed by atoms with E-state index in [1.807, 2.05) is 31.3 Å². The van der Waals surface area contributed by atoms with Gasteiger partial charge in [0.05, 0.1) is 11.2 Å². The molecule has 0 aliphatic carbocycles. The van der Waals surface area contributed by atoms with Crippen molar-refractivity contribution in [2.24, 2.45) is 12.8 Å². The van der Waals surface area contributed by atoms with Gasteiger partial charge in [-0.15, -0.1) is 0 Å². The molecule has 0 saturated heterocycles. The molecular formula is C11H15N3O. The number of aliphatic hydroxyl groups is 1. The molecule has 0 radical (unpaired) electrons. The molecule has 2 rings (SSSR count). The summed E-state index contributed by atoms with van der Waals surface area (Å²) in [4.78, 5) is 0. The summed E-state index contributed by atoms with van der Waals surface area (Å²) in [5, 5.41) is 14.3. The number of benzene rings is 1. The van der Waals surface area contributed by atoms with Gasteiger partial charge in [0.15, 0.2) is 0 Å². The average Bonchev–Trinajstić information content (AvgIpc) is 2.54. The van der Waals surface area contributed by atoms with Crippen molar-refractivity contribution in [1.82, 2.24) is 9.78 Å². The van der Waals surface area contributed by atoms with Crippen LogP contribution >= 0.6 is 0 Å². The lowest BCUT2D eigenvalue weighted by Gasteiger charge is -2.10. The van der Waals surface area contributed by atoms with Crippen LogP contribution in [0.1, 0.15) is 18.2 Å². The van der Waals surface area contributed by atoms with E-state index in [1.165, 1.54) is 0 Å². The minimum atomic E-state index is -0.160. The Morgan fingerprint density at radius 1 is 1.47 bits per heavy atom. The molecule has 0 spiro atoms. The molecule has 1 aromatic heterocycles. The maximum absolute atomic E-state index is 8.89. The van der Waals surface area contributed by atoms with Crippen LogP contribution in [0.3, 0.4) is 0 Å². The highest BCUT2D eigenvalue weighted by Gasteiger charge is 2.14. The molecular weight excluding hydrogens is 190 g/mol. The monoisotopic (exact) mass is 205 g/mol. The van der Waals surface area contributed by atoms with Crippen LogP contribution in [0.25, 0.3) is 10.9 Å². The molecule has 1 atom stereocenters. The lowest BCUT2D eigenvalue weighted by molar-refractivity contribution is 0.275. The van der Waals surface area contributed by atoms with Crippen LogP contribution < -0.4 is 5.73 Å². The average molecular weight is 205 g/mol. The molecule has 4 heteroatoms. The molecule has 1 aromatic carbocycles. The van der Waals surface area contributed by atoms with Crippen molar-refractivity contribution in [1.29, 1.82) is 0 Å². The van der Waals surface area contributed by atoms with Gasteiger partial charge in [-0.05, 0) is 12.5 Å². The van der Waals surface area contributed by atoms with Gasteiger partial charge in [-0.3, -0.25) is 4.68 Å². The molecule has 80 valence electrons. The lowest BCUT2D eigenvalue weighted by atomic mass is 10.1. The van der Waals surface area contributed by atoms with E-state index in [1.54, 1.807) is 4.68 Å². The lowest BCUT2D eigenvalue weighted by Crippen LogP contribution is -2.16. The van der Waals surface area contributed by atoms with Crippen LogP contribution in [0, 0.1) is 0 Å². The molecule has 3 N–H and O–H groups in total. The van der Waals surface area contributed by atoms with Crippen molar-refractivity contribution >= 4 is 10.9 Å². The second-order valence-electron chi connectivity index (χ2n) is 3.64. The third-order valence-corrected chi connectivity index (χ3v) is 2.58. The number of aliphatic hydroxyl groups excluding tert-OH is 1. The van der Waals surface area contributed by atoms with E-state index in [9.17, 15) is 0 Å². The first-order valence-electron chi connectivity index (χ1n) is 5.02. The zero-order chi connectivity index (χ0) is 10.8. The Hall–Kier alpha value is -1.39. The van der Waals surface area contributed by atoms with E-state index in [4.69, 9.17) is 10.8 Å². The quantitative estimate of drug-likeness (QED) is 0.784. The van der Waals surface area contributed by atoms with Gasteiger partial charge in [-0.25, -0.2) is 0 Å². The third kappa shape index (κ3) is 1.73. The number of nitrogens with zero attached hydrogens (tertiary/aromatic N) is 2. The Balaban J connectivity index is 2.53. The number of aryl methyl sites for hydroxylation is 1. The number of aromatic nitrogens is 2. The van der Waals surface area contributed by atoms with Crippen molar-refractivity contribution in [3.8, 4) is 0 Å². The number of fused-ring (bicyclic) bond motifs is 1. The normalized spacial score (nSPS) is 13.3. The number of nitrogens with two attached hydrogens (primary N) is 1. The van der Waals surface area contributed by atoms with Crippen molar-refractivity contribution in [2.45, 2.75) is 12.5 Å². The van der Waals surface area contributed by atoms with E-state index in [2.05, 4.69) is 5.10 Å². The summed E-state index contributed by atoms with van der Waals surface area (Å²) >= 11 is 0. The molecule has 0 fully saturated rings. The van der Waals surface area contributed by atoms with Crippen LogP contribution in [0.5, 0.6) is 0 Å². The highest BCUT2D eigenvalue weighted by atomic mass is 16.3. The summed E-state index contributed by atoms with van der Waals surface area (Å²) in [6.07, 6.45) is 0.559. The summed E-state index contributed by atoms with van der Waals surface area (Å²) in [6, 6.07) is 7.74. The molecule has 1 heterocycles. The van der Waals surface area contributed by atoms with Gasteiger partial charge in [0.2, 0.25) is 0 Å². The largest absolute Gasteiger partial charge is 0.396 e. The Bertz CT molecular complexity index is 464. The maximum atomic E-state index is 8.89. The van der Waals surface area contributed by atoms with Gasteiger partial charge in [-0.2, -0.15) is 5.10 Å². The summed E-state index contributed by atoms with van der Waals surface area (Å²) in [5.74, 6) is 0. The predicted octanol–water partition coefficient (Wildman–Crippen LogP) is 0.955. The second kappa shape index (κ2) is 4.00. The molecule has 4 nitrogen and oxygen atoms in total. The van der Waals surface area contributed by atoms with Crippen LogP contribution in [0.4, 0.5) is 0 Å². The van der Waals surface area contributed by atoms with Gasteiger partial charge in [0, 0.05) is 25.1 Å². The molecule has 0 aliphatic heterocycles. The first-order chi connectivity index (χ1) is 7.24. The highest BCUT2D eigenvalue weighted by molar-refractivity contribution is 5.81. The van der Waals surface area contributed by atoms with Crippen LogP contribution in [-0.2, 0) is 7.05 Å². The zero-order valence-corrected chi connectivity index (χ0v) is 8.72.